The molecule has 0 saturated carbocycles. The average molecular weight is 334 g/mol. The molecule has 1 saturated heterocycles. The molecule has 0 bridgehead atoms. The minimum absolute atomic E-state index is 0.000517. The predicted molar refractivity (Wildman–Crippen MR) is 87.6 cm³/mol. The lowest BCUT2D eigenvalue weighted by Gasteiger charge is -2.31. The van der Waals surface area contributed by atoms with Crippen LogP contribution in [-0.4, -0.2) is 53.5 Å². The second kappa shape index (κ2) is 8.28. The Morgan fingerprint density at radius 3 is 2.67 bits per heavy atom. The fraction of sp³-hybridized carbons (Fsp3) is 0.500. The van der Waals surface area contributed by atoms with E-state index in [2.05, 4.69) is 15.6 Å². The molecule has 1 aromatic heterocycles. The smallest absolute Gasteiger partial charge is 0.409 e. The summed E-state index contributed by atoms with van der Waals surface area (Å²) in [6, 6.07) is 3.12. The Balaban J connectivity index is 1.87. The maximum absolute atomic E-state index is 12.3. The molecule has 0 unspecified atom stereocenters. The van der Waals surface area contributed by atoms with Crippen molar-refractivity contribution in [1.29, 1.82) is 0 Å². The van der Waals surface area contributed by atoms with E-state index >= 15 is 0 Å². The highest BCUT2D eigenvalue weighted by atomic mass is 16.6. The van der Waals surface area contributed by atoms with Crippen LogP contribution in [0.2, 0.25) is 0 Å². The number of hydrogen-bond acceptors (Lipinski definition) is 5. The van der Waals surface area contributed by atoms with Crippen LogP contribution < -0.4 is 10.6 Å². The third-order valence-electron chi connectivity index (χ3n) is 3.68. The van der Waals surface area contributed by atoms with Gasteiger partial charge in [0.1, 0.15) is 5.82 Å². The van der Waals surface area contributed by atoms with Crippen LogP contribution in [0, 0.1) is 0 Å². The third-order valence-corrected chi connectivity index (χ3v) is 3.68. The monoisotopic (exact) mass is 334 g/mol. The number of hydrogen-bond donors (Lipinski definition) is 2. The number of ether oxygens (including phenoxy) is 1. The molecule has 8 nitrogen and oxygen atoms in total. The molecule has 3 amide bonds. The summed E-state index contributed by atoms with van der Waals surface area (Å²) in [4.78, 5) is 40.6. The first kappa shape index (κ1) is 17.7. The van der Waals surface area contributed by atoms with Crippen molar-refractivity contribution in [2.24, 2.45) is 0 Å². The second-order valence-electron chi connectivity index (χ2n) is 5.54. The summed E-state index contributed by atoms with van der Waals surface area (Å²) >= 11 is 0. The molecule has 0 aliphatic carbocycles. The second-order valence-corrected chi connectivity index (χ2v) is 5.54. The van der Waals surface area contributed by atoms with Gasteiger partial charge >= 0.3 is 6.09 Å². The van der Waals surface area contributed by atoms with Crippen LogP contribution in [0.5, 0.6) is 0 Å². The van der Waals surface area contributed by atoms with Crippen molar-refractivity contribution < 1.29 is 19.1 Å². The fourth-order valence-corrected chi connectivity index (χ4v) is 2.51. The maximum Gasteiger partial charge on any atom is 0.409 e. The number of likely N-dealkylation sites (tertiary alicyclic amines) is 1. The van der Waals surface area contributed by atoms with E-state index in [0.29, 0.717) is 43.9 Å². The first-order valence-electron chi connectivity index (χ1n) is 7.95. The molecule has 2 heterocycles. The van der Waals surface area contributed by atoms with E-state index in [4.69, 9.17) is 4.74 Å². The van der Waals surface area contributed by atoms with Gasteiger partial charge in [0.05, 0.1) is 6.61 Å². The molecule has 0 aromatic carbocycles. The molecular formula is C16H22N4O4. The lowest BCUT2D eigenvalue weighted by atomic mass is 10.0. The lowest BCUT2D eigenvalue weighted by Crippen LogP contribution is -2.46. The number of nitrogens with zero attached hydrogens (tertiary/aromatic N) is 2. The van der Waals surface area contributed by atoms with Crippen LogP contribution >= 0.6 is 0 Å². The molecule has 0 spiro atoms. The number of pyridine rings is 1. The standard InChI is InChI=1S/C16H22N4O4/c1-3-24-16(23)20-8-5-13(6-9-20)19-15(22)12-4-7-17-14(10-12)18-11(2)21/h4,7,10,13H,3,5-6,8-9H2,1-2H3,(H,19,22)(H,17,18,21). The molecule has 130 valence electrons. The molecule has 1 aliphatic heterocycles. The Labute approximate surface area is 140 Å². The van der Waals surface area contributed by atoms with Gasteiger partial charge in [0.2, 0.25) is 5.91 Å². The highest BCUT2D eigenvalue weighted by Crippen LogP contribution is 2.13. The van der Waals surface area contributed by atoms with Gasteiger partial charge in [-0.15, -0.1) is 0 Å². The third kappa shape index (κ3) is 4.94. The molecule has 2 rings (SSSR count). The van der Waals surface area contributed by atoms with E-state index in [1.807, 2.05) is 0 Å². The van der Waals surface area contributed by atoms with Crippen molar-refractivity contribution >= 4 is 23.7 Å². The number of nitrogens with one attached hydrogen (secondary N) is 2. The van der Waals surface area contributed by atoms with E-state index < -0.39 is 0 Å². The number of amides is 3. The zero-order chi connectivity index (χ0) is 17.5. The quantitative estimate of drug-likeness (QED) is 0.866. The summed E-state index contributed by atoms with van der Waals surface area (Å²) in [5.41, 5.74) is 0.432. The van der Waals surface area contributed by atoms with Crippen molar-refractivity contribution in [3.63, 3.8) is 0 Å². The van der Waals surface area contributed by atoms with Crippen LogP contribution in [0.3, 0.4) is 0 Å². The largest absolute Gasteiger partial charge is 0.450 e. The summed E-state index contributed by atoms with van der Waals surface area (Å²) in [7, 11) is 0. The lowest BCUT2D eigenvalue weighted by molar-refractivity contribution is -0.114. The molecule has 2 N–H and O–H groups in total. The maximum atomic E-state index is 12.3. The average Bonchev–Trinajstić information content (AvgIpc) is 2.55. The van der Waals surface area contributed by atoms with Crippen molar-refractivity contribution in [3.8, 4) is 0 Å². The van der Waals surface area contributed by atoms with Gasteiger partial charge in [0.25, 0.3) is 5.91 Å². The SMILES string of the molecule is CCOC(=O)N1CCC(NC(=O)c2ccnc(NC(C)=O)c2)CC1. The topological polar surface area (TPSA) is 101 Å². The Morgan fingerprint density at radius 2 is 2.04 bits per heavy atom. The van der Waals surface area contributed by atoms with Crippen LogP contribution in [-0.2, 0) is 9.53 Å². The summed E-state index contributed by atoms with van der Waals surface area (Å²) in [6.07, 6.45) is 2.52. The van der Waals surface area contributed by atoms with Gasteiger partial charge in [-0.3, -0.25) is 9.59 Å². The Bertz CT molecular complexity index is 612. The van der Waals surface area contributed by atoms with Crippen molar-refractivity contribution in [1.82, 2.24) is 15.2 Å². The van der Waals surface area contributed by atoms with E-state index in [9.17, 15) is 14.4 Å². The minimum Gasteiger partial charge on any atom is -0.450 e. The molecule has 1 aromatic rings. The molecule has 0 atom stereocenters. The first-order valence-corrected chi connectivity index (χ1v) is 7.95. The number of carbonyl (C=O) groups excluding carboxylic acids is 3. The summed E-state index contributed by atoms with van der Waals surface area (Å²) < 4.78 is 4.97. The van der Waals surface area contributed by atoms with Gasteiger partial charge in [-0.2, -0.15) is 0 Å². The molecule has 24 heavy (non-hydrogen) atoms. The number of piperidine rings is 1. The predicted octanol–water partition coefficient (Wildman–Crippen LogP) is 1.39. The normalized spacial score (nSPS) is 14.8. The highest BCUT2D eigenvalue weighted by molar-refractivity contribution is 5.96. The van der Waals surface area contributed by atoms with Crippen molar-refractivity contribution in [3.05, 3.63) is 23.9 Å². The molecule has 0 radical (unpaired) electrons. The van der Waals surface area contributed by atoms with E-state index in [0.717, 1.165) is 0 Å². The van der Waals surface area contributed by atoms with Gasteiger partial charge < -0.3 is 20.3 Å². The highest BCUT2D eigenvalue weighted by Gasteiger charge is 2.24. The summed E-state index contributed by atoms with van der Waals surface area (Å²) in [6.45, 7) is 4.61. The van der Waals surface area contributed by atoms with Crippen LogP contribution in [0.4, 0.5) is 10.6 Å². The zero-order valence-electron chi connectivity index (χ0n) is 13.9. The molecule has 1 aliphatic rings. The van der Waals surface area contributed by atoms with Crippen LogP contribution in [0.15, 0.2) is 18.3 Å². The van der Waals surface area contributed by atoms with Crippen molar-refractivity contribution in [2.75, 3.05) is 25.0 Å². The van der Waals surface area contributed by atoms with Crippen LogP contribution in [0.25, 0.3) is 0 Å². The van der Waals surface area contributed by atoms with Gasteiger partial charge in [0, 0.05) is 37.8 Å². The number of anilines is 1. The molecular weight excluding hydrogens is 312 g/mol. The summed E-state index contributed by atoms with van der Waals surface area (Å²) in [5.74, 6) is -0.128. The Hall–Kier alpha value is -2.64. The minimum atomic E-state index is -0.309. The number of carbonyl (C=O) groups is 3. The van der Waals surface area contributed by atoms with Gasteiger partial charge in [-0.1, -0.05) is 0 Å². The Kier molecular flexibility index (Phi) is 6.11. The fourth-order valence-electron chi connectivity index (χ4n) is 2.51. The van der Waals surface area contributed by atoms with Gasteiger partial charge in [-0.05, 0) is 31.9 Å². The van der Waals surface area contributed by atoms with E-state index in [1.54, 1.807) is 17.9 Å². The molecule has 1 fully saturated rings. The zero-order valence-corrected chi connectivity index (χ0v) is 13.9. The number of aromatic nitrogens is 1. The van der Waals surface area contributed by atoms with Crippen LogP contribution in [0.1, 0.15) is 37.0 Å². The van der Waals surface area contributed by atoms with Gasteiger partial charge in [0.15, 0.2) is 0 Å². The molecule has 8 heteroatoms. The first-order chi connectivity index (χ1) is 11.5. The van der Waals surface area contributed by atoms with E-state index in [1.165, 1.54) is 19.2 Å². The summed E-state index contributed by atoms with van der Waals surface area (Å²) in [5, 5.41) is 5.49. The Morgan fingerprint density at radius 1 is 1.33 bits per heavy atom. The van der Waals surface area contributed by atoms with Gasteiger partial charge in [-0.25, -0.2) is 9.78 Å². The number of rotatable bonds is 4. The van der Waals surface area contributed by atoms with E-state index in [-0.39, 0.29) is 23.9 Å². The van der Waals surface area contributed by atoms with Crippen molar-refractivity contribution in [2.45, 2.75) is 32.7 Å².